The first-order valence-corrected chi connectivity index (χ1v) is 7.01. The molecule has 0 spiro atoms. The number of likely N-dealkylation sites (N-methyl/N-ethyl adjacent to an activating group) is 1. The molecule has 1 fully saturated rings. The number of ether oxygens (including phenoxy) is 1. The Bertz CT molecular complexity index is 472. The summed E-state index contributed by atoms with van der Waals surface area (Å²) in [5, 5.41) is 19.0. The molecule has 0 radical (unpaired) electrons. The van der Waals surface area contributed by atoms with Gasteiger partial charge in [0, 0.05) is 51.8 Å². The van der Waals surface area contributed by atoms with Crippen molar-refractivity contribution in [1.29, 1.82) is 0 Å². The summed E-state index contributed by atoms with van der Waals surface area (Å²) in [7, 11) is 1.92. The summed E-state index contributed by atoms with van der Waals surface area (Å²) in [6.07, 6.45) is 1.29. The van der Waals surface area contributed by atoms with Crippen molar-refractivity contribution in [2.24, 2.45) is 5.73 Å². The number of aromatic nitrogens is 2. The molecule has 1 aliphatic rings. The molecule has 20 heavy (non-hydrogen) atoms. The Balaban J connectivity index is 2.20. The lowest BCUT2D eigenvalue weighted by Crippen LogP contribution is -2.46. The topological polar surface area (TPSA) is 84.5 Å². The Morgan fingerprint density at radius 1 is 1.30 bits per heavy atom. The molecule has 0 atom stereocenters. The SMILES string of the molecule is Cc1nnc(N(C)CC2(O)CCOCC2)c(CN)c1C. The molecule has 1 saturated heterocycles. The highest BCUT2D eigenvalue weighted by atomic mass is 16.5. The summed E-state index contributed by atoms with van der Waals surface area (Å²) in [6.45, 7) is 6.08. The van der Waals surface area contributed by atoms with Gasteiger partial charge in [-0.2, -0.15) is 5.10 Å². The fourth-order valence-electron chi connectivity index (χ4n) is 2.62. The van der Waals surface area contributed by atoms with Crippen LogP contribution in [-0.2, 0) is 11.3 Å². The minimum Gasteiger partial charge on any atom is -0.388 e. The minimum absolute atomic E-state index is 0.420. The summed E-state index contributed by atoms with van der Waals surface area (Å²) in [5.74, 6) is 0.760. The number of nitrogens with two attached hydrogens (primary N) is 1. The Hall–Kier alpha value is -1.24. The van der Waals surface area contributed by atoms with Crippen LogP contribution < -0.4 is 10.6 Å². The van der Waals surface area contributed by atoms with Crippen LogP contribution in [0.25, 0.3) is 0 Å². The van der Waals surface area contributed by atoms with E-state index in [2.05, 4.69) is 10.2 Å². The molecule has 3 N–H and O–H groups in total. The van der Waals surface area contributed by atoms with Crippen LogP contribution >= 0.6 is 0 Å². The predicted octanol–water partition coefficient (Wildman–Crippen LogP) is 0.530. The molecule has 6 heteroatoms. The third-order valence-electron chi connectivity index (χ3n) is 4.08. The minimum atomic E-state index is -0.723. The van der Waals surface area contributed by atoms with E-state index in [9.17, 15) is 5.11 Å². The zero-order chi connectivity index (χ0) is 14.8. The van der Waals surface area contributed by atoms with Gasteiger partial charge in [0.15, 0.2) is 5.82 Å². The largest absolute Gasteiger partial charge is 0.388 e. The second-order valence-electron chi connectivity index (χ2n) is 5.61. The van der Waals surface area contributed by atoms with E-state index in [0.29, 0.717) is 39.1 Å². The van der Waals surface area contributed by atoms with Crippen molar-refractivity contribution in [2.75, 3.05) is 31.7 Å². The van der Waals surface area contributed by atoms with Gasteiger partial charge in [-0.05, 0) is 19.4 Å². The van der Waals surface area contributed by atoms with Crippen molar-refractivity contribution >= 4 is 5.82 Å². The Morgan fingerprint density at radius 2 is 1.95 bits per heavy atom. The fourth-order valence-corrected chi connectivity index (χ4v) is 2.62. The molecule has 0 aromatic carbocycles. The van der Waals surface area contributed by atoms with Crippen LogP contribution in [0.15, 0.2) is 0 Å². The molecule has 2 heterocycles. The third-order valence-corrected chi connectivity index (χ3v) is 4.08. The molecular formula is C14H24N4O2. The molecule has 0 unspecified atom stereocenters. The molecule has 6 nitrogen and oxygen atoms in total. The van der Waals surface area contributed by atoms with Crippen molar-refractivity contribution in [3.05, 3.63) is 16.8 Å². The van der Waals surface area contributed by atoms with Gasteiger partial charge in [0.25, 0.3) is 0 Å². The molecule has 0 amide bonds. The number of hydrogen-bond donors (Lipinski definition) is 2. The van der Waals surface area contributed by atoms with Gasteiger partial charge in [-0.15, -0.1) is 5.10 Å². The van der Waals surface area contributed by atoms with Gasteiger partial charge in [0.05, 0.1) is 11.3 Å². The van der Waals surface area contributed by atoms with Crippen molar-refractivity contribution in [3.63, 3.8) is 0 Å². The number of rotatable bonds is 4. The fraction of sp³-hybridized carbons (Fsp3) is 0.714. The van der Waals surface area contributed by atoms with Gasteiger partial charge in [-0.3, -0.25) is 0 Å². The highest BCUT2D eigenvalue weighted by Gasteiger charge is 2.32. The van der Waals surface area contributed by atoms with Crippen molar-refractivity contribution in [3.8, 4) is 0 Å². The van der Waals surface area contributed by atoms with Gasteiger partial charge in [-0.1, -0.05) is 0 Å². The van der Waals surface area contributed by atoms with Crippen molar-refractivity contribution in [2.45, 2.75) is 38.8 Å². The lowest BCUT2D eigenvalue weighted by molar-refractivity contribution is -0.0573. The maximum absolute atomic E-state index is 10.6. The zero-order valence-electron chi connectivity index (χ0n) is 12.5. The van der Waals surface area contributed by atoms with E-state index in [1.54, 1.807) is 0 Å². The van der Waals surface area contributed by atoms with Crippen LogP contribution in [0.1, 0.15) is 29.7 Å². The van der Waals surface area contributed by atoms with E-state index < -0.39 is 5.60 Å². The molecule has 0 aliphatic carbocycles. The maximum Gasteiger partial charge on any atom is 0.155 e. The molecule has 1 aliphatic heterocycles. The Kier molecular flexibility index (Phi) is 4.57. The number of aryl methyl sites for hydroxylation is 1. The first kappa shape index (κ1) is 15.2. The van der Waals surface area contributed by atoms with E-state index in [1.165, 1.54) is 0 Å². The molecule has 2 rings (SSSR count). The van der Waals surface area contributed by atoms with Gasteiger partial charge in [-0.25, -0.2) is 0 Å². The highest BCUT2D eigenvalue weighted by molar-refractivity contribution is 5.50. The predicted molar refractivity (Wildman–Crippen MR) is 77.7 cm³/mol. The molecule has 112 valence electrons. The lowest BCUT2D eigenvalue weighted by atomic mass is 9.93. The van der Waals surface area contributed by atoms with E-state index >= 15 is 0 Å². The average Bonchev–Trinajstić information content (AvgIpc) is 2.41. The summed E-state index contributed by atoms with van der Waals surface area (Å²) in [6, 6.07) is 0. The molecular weight excluding hydrogens is 256 g/mol. The summed E-state index contributed by atoms with van der Waals surface area (Å²) >= 11 is 0. The number of anilines is 1. The lowest BCUT2D eigenvalue weighted by Gasteiger charge is -2.36. The standard InChI is InChI=1S/C14H24N4O2/c1-10-11(2)16-17-13(12(10)8-15)18(3)9-14(19)4-6-20-7-5-14/h19H,4-9,15H2,1-3H3. The molecule has 1 aromatic rings. The number of hydrogen-bond acceptors (Lipinski definition) is 6. The van der Waals surface area contributed by atoms with Crippen LogP contribution in [0.2, 0.25) is 0 Å². The second kappa shape index (κ2) is 6.03. The Labute approximate surface area is 119 Å². The molecule has 0 bridgehead atoms. The van der Waals surface area contributed by atoms with Crippen LogP contribution in [0.3, 0.4) is 0 Å². The van der Waals surface area contributed by atoms with E-state index in [-0.39, 0.29) is 0 Å². The molecule has 1 aromatic heterocycles. The quantitative estimate of drug-likeness (QED) is 0.837. The van der Waals surface area contributed by atoms with Gasteiger partial charge < -0.3 is 20.5 Å². The normalized spacial score (nSPS) is 18.1. The van der Waals surface area contributed by atoms with Gasteiger partial charge in [0.1, 0.15) is 0 Å². The van der Waals surface area contributed by atoms with Crippen LogP contribution in [0.5, 0.6) is 0 Å². The highest BCUT2D eigenvalue weighted by Crippen LogP contribution is 2.26. The first-order chi connectivity index (χ1) is 9.47. The van der Waals surface area contributed by atoms with E-state index in [0.717, 1.165) is 22.6 Å². The monoisotopic (exact) mass is 280 g/mol. The van der Waals surface area contributed by atoms with Gasteiger partial charge in [0.2, 0.25) is 0 Å². The summed E-state index contributed by atoms with van der Waals surface area (Å²) in [4.78, 5) is 1.95. The third kappa shape index (κ3) is 3.08. The van der Waals surface area contributed by atoms with Crippen LogP contribution in [-0.4, -0.2) is 47.7 Å². The van der Waals surface area contributed by atoms with Crippen LogP contribution in [0, 0.1) is 13.8 Å². The van der Waals surface area contributed by atoms with E-state index in [1.807, 2.05) is 25.8 Å². The summed E-state index contributed by atoms with van der Waals surface area (Å²) in [5.41, 5.74) is 8.09. The van der Waals surface area contributed by atoms with Gasteiger partial charge >= 0.3 is 0 Å². The smallest absolute Gasteiger partial charge is 0.155 e. The maximum atomic E-state index is 10.6. The molecule has 0 saturated carbocycles. The first-order valence-electron chi connectivity index (χ1n) is 7.01. The van der Waals surface area contributed by atoms with Crippen LogP contribution in [0.4, 0.5) is 5.82 Å². The van der Waals surface area contributed by atoms with E-state index in [4.69, 9.17) is 10.5 Å². The second-order valence-corrected chi connectivity index (χ2v) is 5.61. The number of nitrogens with zero attached hydrogens (tertiary/aromatic N) is 3. The zero-order valence-corrected chi connectivity index (χ0v) is 12.5. The van der Waals surface area contributed by atoms with Crippen molar-refractivity contribution in [1.82, 2.24) is 10.2 Å². The van der Waals surface area contributed by atoms with Crippen molar-refractivity contribution < 1.29 is 9.84 Å². The average molecular weight is 280 g/mol. The number of aliphatic hydroxyl groups is 1. The Morgan fingerprint density at radius 3 is 2.55 bits per heavy atom. The summed E-state index contributed by atoms with van der Waals surface area (Å²) < 4.78 is 5.31.